The molecule has 0 radical (unpaired) electrons. The Morgan fingerprint density at radius 1 is 0.196 bits per heavy atom. The zero-order valence-electron chi connectivity index (χ0n) is 52.8. The topological polar surface area (TPSA) is 6.48 Å². The molecule has 0 aliphatic heterocycles. The SMILES string of the molecule is CC(C)(C)C1(C2(C(C)(C)C)c3ccccc3-c3ccc(N(c4ccc5c(ccc6ccccc65)c4)c4ccc5c(ccc6ccccc65)c4)cc32)c2ccccc2-c2ccc(N(c3ccc4c(ccc5ccccc54)c3)c3ccc4c(ccc5ccccc54)c3)cc21. The maximum absolute atomic E-state index is 2.62. The summed E-state index contributed by atoms with van der Waals surface area (Å²) >= 11 is 0. The number of nitrogens with zero attached hydrogens (tertiary/aromatic N) is 2. The van der Waals surface area contributed by atoms with Gasteiger partial charge in [-0.3, -0.25) is 0 Å². The Morgan fingerprint density at radius 2 is 0.424 bits per heavy atom. The smallest absolute Gasteiger partial charge is 0.0468 e. The van der Waals surface area contributed by atoms with Gasteiger partial charge in [-0.1, -0.05) is 272 Å². The summed E-state index contributed by atoms with van der Waals surface area (Å²) in [5, 5.41) is 19.9. The summed E-state index contributed by atoms with van der Waals surface area (Å²) in [6.07, 6.45) is 0. The summed E-state index contributed by atoms with van der Waals surface area (Å²) in [5.74, 6) is 0. The first-order chi connectivity index (χ1) is 44.9. The van der Waals surface area contributed by atoms with Gasteiger partial charge >= 0.3 is 0 Å². The molecule has 16 aromatic rings. The van der Waals surface area contributed by atoms with E-state index in [9.17, 15) is 0 Å². The van der Waals surface area contributed by atoms with Gasteiger partial charge in [0.2, 0.25) is 0 Å². The summed E-state index contributed by atoms with van der Waals surface area (Å²) in [7, 11) is 0. The third-order valence-corrected chi connectivity index (χ3v) is 21.3. The Bertz CT molecular complexity index is 5180. The van der Waals surface area contributed by atoms with Crippen molar-refractivity contribution < 1.29 is 0 Å². The third-order valence-electron chi connectivity index (χ3n) is 21.3. The molecule has 2 nitrogen and oxygen atoms in total. The van der Waals surface area contributed by atoms with Crippen LogP contribution in [0.15, 0.2) is 303 Å². The Hall–Kier alpha value is -10.8. The van der Waals surface area contributed by atoms with Gasteiger partial charge in [0.15, 0.2) is 0 Å². The molecule has 0 bridgehead atoms. The lowest BCUT2D eigenvalue weighted by Crippen LogP contribution is -2.62. The highest BCUT2D eigenvalue weighted by molar-refractivity contribution is 6.13. The number of hydrogen-bond donors (Lipinski definition) is 0. The summed E-state index contributed by atoms with van der Waals surface area (Å²) in [5.41, 5.74) is 15.1. The average molecular weight is 1180 g/mol. The van der Waals surface area contributed by atoms with E-state index >= 15 is 0 Å². The van der Waals surface area contributed by atoms with E-state index in [1.165, 1.54) is 131 Å². The lowest BCUT2D eigenvalue weighted by atomic mass is 9.39. The summed E-state index contributed by atoms with van der Waals surface area (Å²) in [6, 6.07) is 116. The molecule has 2 aliphatic carbocycles. The van der Waals surface area contributed by atoms with E-state index < -0.39 is 21.7 Å². The number of fused-ring (bicyclic) bond motifs is 18. The Balaban J connectivity index is 0.904. The predicted octanol–water partition coefficient (Wildman–Crippen LogP) is 25.2. The minimum absolute atomic E-state index is 0.397. The molecule has 2 heteroatoms. The van der Waals surface area contributed by atoms with Gasteiger partial charge in [0.1, 0.15) is 0 Å². The van der Waals surface area contributed by atoms with E-state index in [1.807, 2.05) is 0 Å². The van der Waals surface area contributed by atoms with E-state index in [0.29, 0.717) is 0 Å². The van der Waals surface area contributed by atoms with Crippen molar-refractivity contribution in [3.8, 4) is 22.3 Å². The number of anilines is 6. The van der Waals surface area contributed by atoms with Crippen LogP contribution in [-0.2, 0) is 10.8 Å². The van der Waals surface area contributed by atoms with Crippen molar-refractivity contribution in [3.63, 3.8) is 0 Å². The molecule has 0 saturated heterocycles. The van der Waals surface area contributed by atoms with E-state index in [0.717, 1.165) is 34.1 Å². The minimum Gasteiger partial charge on any atom is -0.310 e. The second-order valence-corrected chi connectivity index (χ2v) is 28.0. The van der Waals surface area contributed by atoms with Crippen molar-refractivity contribution in [1.82, 2.24) is 0 Å². The van der Waals surface area contributed by atoms with Crippen molar-refractivity contribution in [2.24, 2.45) is 10.8 Å². The predicted molar refractivity (Wildman–Crippen MR) is 394 cm³/mol. The fourth-order valence-corrected chi connectivity index (χ4v) is 17.8. The minimum atomic E-state index is -0.671. The van der Waals surface area contributed by atoms with Crippen molar-refractivity contribution >= 4 is 120 Å². The quantitative estimate of drug-likeness (QED) is 0.147. The first kappa shape index (κ1) is 54.2. The molecule has 2 unspecified atom stereocenters. The van der Waals surface area contributed by atoms with Crippen LogP contribution in [0.25, 0.3) is 108 Å². The molecule has 0 aromatic heterocycles. The number of hydrogen-bond acceptors (Lipinski definition) is 2. The Labute approximate surface area is 537 Å². The highest BCUT2D eigenvalue weighted by Crippen LogP contribution is 2.75. The van der Waals surface area contributed by atoms with Crippen molar-refractivity contribution in [2.75, 3.05) is 9.80 Å². The molecular formula is C90H68N2. The van der Waals surface area contributed by atoms with Gasteiger partial charge in [0.05, 0.1) is 0 Å². The summed E-state index contributed by atoms with van der Waals surface area (Å²) < 4.78 is 0. The first-order valence-corrected chi connectivity index (χ1v) is 32.6. The highest BCUT2D eigenvalue weighted by Gasteiger charge is 2.70. The average Bonchev–Trinajstić information content (AvgIpc) is 1.45. The Morgan fingerprint density at radius 3 is 0.728 bits per heavy atom. The van der Waals surface area contributed by atoms with Crippen LogP contribution < -0.4 is 9.80 Å². The van der Waals surface area contributed by atoms with Crippen LogP contribution in [0.4, 0.5) is 34.1 Å². The normalized spacial score (nSPS) is 16.0. The molecule has 0 amide bonds. The molecule has 16 aromatic carbocycles. The lowest BCUT2D eigenvalue weighted by Gasteiger charge is -2.62. The van der Waals surface area contributed by atoms with Gasteiger partial charge in [-0.05, 0) is 214 Å². The standard InChI is InChI=1S/C90H68N2/c1-87(2,3)89(83-29-17-15-27-79(83)81-49-43-69(55-85(81)89)91(65-39-45-75-61(51-65)35-31-57-19-7-11-23-71(57)75)66-40-46-76-62(52-66)36-32-58-20-8-12-24-72(58)76)90(88(4,5)6)84-30-18-16-28-80(84)82-50-44-70(56-86(82)90)92(67-41-47-77-63(53-67)37-33-59-21-9-13-25-73(59)77)68-42-48-78-64(54-68)38-34-60-22-10-14-26-74(60)78/h7-56H,1-6H3. The molecule has 18 rings (SSSR count). The number of rotatable bonds is 7. The molecule has 0 fully saturated rings. The first-order valence-electron chi connectivity index (χ1n) is 32.6. The van der Waals surface area contributed by atoms with Crippen LogP contribution in [0.5, 0.6) is 0 Å². The zero-order valence-corrected chi connectivity index (χ0v) is 52.8. The number of benzene rings is 16. The van der Waals surface area contributed by atoms with Crippen molar-refractivity contribution in [1.29, 1.82) is 0 Å². The van der Waals surface area contributed by atoms with Crippen LogP contribution in [0, 0.1) is 10.8 Å². The van der Waals surface area contributed by atoms with E-state index in [4.69, 9.17) is 0 Å². The van der Waals surface area contributed by atoms with Gasteiger partial charge in [-0.25, -0.2) is 0 Å². The largest absolute Gasteiger partial charge is 0.310 e. The van der Waals surface area contributed by atoms with Gasteiger partial charge in [0, 0.05) is 45.0 Å². The molecule has 92 heavy (non-hydrogen) atoms. The maximum Gasteiger partial charge on any atom is 0.0468 e. The van der Waals surface area contributed by atoms with Crippen LogP contribution >= 0.6 is 0 Å². The second kappa shape index (κ2) is 19.8. The van der Waals surface area contributed by atoms with Crippen LogP contribution in [0.1, 0.15) is 63.8 Å². The molecule has 0 heterocycles. The molecular weight excluding hydrogens is 1110 g/mol. The molecule has 0 N–H and O–H groups in total. The van der Waals surface area contributed by atoms with Crippen molar-refractivity contribution in [2.45, 2.75) is 52.4 Å². The van der Waals surface area contributed by atoms with Gasteiger partial charge in [-0.2, -0.15) is 0 Å². The van der Waals surface area contributed by atoms with Crippen LogP contribution in [-0.4, -0.2) is 0 Å². The van der Waals surface area contributed by atoms with Crippen LogP contribution in [0.3, 0.4) is 0 Å². The fraction of sp³-hybridized carbons (Fsp3) is 0.111. The maximum atomic E-state index is 2.62. The van der Waals surface area contributed by atoms with Gasteiger partial charge in [0.25, 0.3) is 0 Å². The molecule has 2 atom stereocenters. The molecule has 2 aliphatic rings. The van der Waals surface area contributed by atoms with Gasteiger partial charge in [-0.15, -0.1) is 0 Å². The highest BCUT2D eigenvalue weighted by atomic mass is 15.1. The molecule has 0 spiro atoms. The fourth-order valence-electron chi connectivity index (χ4n) is 17.8. The Kier molecular flexibility index (Phi) is 11.7. The third kappa shape index (κ3) is 7.61. The van der Waals surface area contributed by atoms with Gasteiger partial charge < -0.3 is 9.80 Å². The van der Waals surface area contributed by atoms with E-state index in [-0.39, 0.29) is 0 Å². The zero-order chi connectivity index (χ0) is 61.8. The van der Waals surface area contributed by atoms with Crippen molar-refractivity contribution in [3.05, 3.63) is 326 Å². The van der Waals surface area contributed by atoms with E-state index in [2.05, 4.69) is 355 Å². The monoisotopic (exact) mass is 1180 g/mol. The lowest BCUT2D eigenvalue weighted by molar-refractivity contribution is 0.0594. The summed E-state index contributed by atoms with van der Waals surface area (Å²) in [4.78, 5) is 5.07. The molecule has 0 saturated carbocycles. The van der Waals surface area contributed by atoms with E-state index in [1.54, 1.807) is 0 Å². The second-order valence-electron chi connectivity index (χ2n) is 28.0. The molecule has 438 valence electrons. The summed E-state index contributed by atoms with van der Waals surface area (Å²) in [6.45, 7) is 15.2. The van der Waals surface area contributed by atoms with Crippen LogP contribution in [0.2, 0.25) is 0 Å².